The van der Waals surface area contributed by atoms with Crippen molar-refractivity contribution in [3.05, 3.63) is 45.6 Å². The van der Waals surface area contributed by atoms with Crippen molar-refractivity contribution in [1.82, 2.24) is 0 Å². The average molecular weight is 432 g/mol. The normalized spacial score (nSPS) is 14.6. The van der Waals surface area contributed by atoms with Crippen LogP contribution in [0, 0.1) is 0 Å². The van der Waals surface area contributed by atoms with Gasteiger partial charge >= 0.3 is 6.16 Å². The zero-order valence-electron chi connectivity index (χ0n) is 17.6. The fraction of sp³-hybridized carbons (Fsp3) is 0.364. The maximum absolute atomic E-state index is 12.8. The lowest BCUT2D eigenvalue weighted by molar-refractivity contribution is 0.0337. The van der Waals surface area contributed by atoms with Gasteiger partial charge in [0.05, 0.1) is 33.3 Å². The van der Waals surface area contributed by atoms with Gasteiger partial charge in [-0.2, -0.15) is 0 Å². The van der Waals surface area contributed by atoms with Crippen molar-refractivity contribution in [3.63, 3.8) is 0 Å². The molecule has 1 aliphatic carbocycles. The number of aryl methyl sites for hydroxylation is 1. The SMILES string of the molecule is COC(=O)O[C@H]1CCc2cc(OC)c(OC)c(OC)c2-c2ccc(SC)c(=O)cc21. The van der Waals surface area contributed by atoms with Crippen molar-refractivity contribution in [2.75, 3.05) is 34.7 Å². The Morgan fingerprint density at radius 3 is 2.37 bits per heavy atom. The second-order valence-corrected chi connectivity index (χ2v) is 7.41. The Kier molecular flexibility index (Phi) is 6.77. The van der Waals surface area contributed by atoms with Gasteiger partial charge < -0.3 is 23.7 Å². The molecular weight excluding hydrogens is 408 g/mol. The van der Waals surface area contributed by atoms with Crippen molar-refractivity contribution < 1.29 is 28.5 Å². The third-order valence-corrected chi connectivity index (χ3v) is 5.85. The van der Waals surface area contributed by atoms with E-state index in [9.17, 15) is 9.59 Å². The lowest BCUT2D eigenvalue weighted by atomic mass is 9.96. The number of carbonyl (C=O) groups is 1. The number of carbonyl (C=O) groups excluding carboxylic acids is 1. The summed E-state index contributed by atoms with van der Waals surface area (Å²) < 4.78 is 27.0. The summed E-state index contributed by atoms with van der Waals surface area (Å²) in [4.78, 5) is 25.2. The summed E-state index contributed by atoms with van der Waals surface area (Å²) in [6.45, 7) is 0. The molecule has 7 nitrogen and oxygen atoms in total. The molecule has 0 radical (unpaired) electrons. The lowest BCUT2D eigenvalue weighted by Crippen LogP contribution is -2.13. The van der Waals surface area contributed by atoms with Crippen LogP contribution in [0.3, 0.4) is 0 Å². The Labute approximate surface area is 179 Å². The quantitative estimate of drug-likeness (QED) is 0.513. The van der Waals surface area contributed by atoms with E-state index in [-0.39, 0.29) is 5.43 Å². The van der Waals surface area contributed by atoms with Gasteiger partial charge in [0.15, 0.2) is 16.9 Å². The first-order chi connectivity index (χ1) is 14.5. The Bertz CT molecular complexity index is 1020. The van der Waals surface area contributed by atoms with Crippen molar-refractivity contribution >= 4 is 17.9 Å². The van der Waals surface area contributed by atoms with Gasteiger partial charge in [-0.3, -0.25) is 4.79 Å². The molecule has 0 N–H and O–H groups in total. The zero-order valence-corrected chi connectivity index (χ0v) is 18.4. The van der Waals surface area contributed by atoms with Crippen LogP contribution in [0.15, 0.2) is 34.0 Å². The summed E-state index contributed by atoms with van der Waals surface area (Å²) in [5.41, 5.74) is 2.89. The molecule has 0 aliphatic heterocycles. The number of benzene rings is 1. The molecule has 2 aromatic rings. The highest BCUT2D eigenvalue weighted by atomic mass is 32.2. The molecule has 0 bridgehead atoms. The van der Waals surface area contributed by atoms with Crippen LogP contribution in [-0.2, 0) is 15.9 Å². The molecule has 0 aromatic heterocycles. The van der Waals surface area contributed by atoms with E-state index in [1.54, 1.807) is 27.4 Å². The van der Waals surface area contributed by atoms with Crippen LogP contribution in [-0.4, -0.2) is 40.9 Å². The predicted octanol–water partition coefficient (Wildman–Crippen LogP) is 4.23. The minimum Gasteiger partial charge on any atom is -0.493 e. The van der Waals surface area contributed by atoms with Crippen LogP contribution in [0.1, 0.15) is 23.7 Å². The molecule has 8 heteroatoms. The maximum atomic E-state index is 12.8. The van der Waals surface area contributed by atoms with Gasteiger partial charge in [-0.1, -0.05) is 6.07 Å². The summed E-state index contributed by atoms with van der Waals surface area (Å²) in [6, 6.07) is 7.04. The number of hydrogen-bond donors (Lipinski definition) is 0. The number of fused-ring (bicyclic) bond motifs is 3. The van der Waals surface area contributed by atoms with E-state index in [1.165, 1.54) is 24.9 Å². The second kappa shape index (κ2) is 9.30. The lowest BCUT2D eigenvalue weighted by Gasteiger charge is -2.19. The van der Waals surface area contributed by atoms with E-state index in [0.29, 0.717) is 40.5 Å². The Balaban J connectivity index is 2.38. The van der Waals surface area contributed by atoms with E-state index in [4.69, 9.17) is 23.7 Å². The first-order valence-corrected chi connectivity index (χ1v) is 10.5. The van der Waals surface area contributed by atoms with Gasteiger partial charge in [-0.05, 0) is 48.4 Å². The molecule has 0 saturated carbocycles. The monoisotopic (exact) mass is 432 g/mol. The molecular formula is C22H24O7S. The van der Waals surface area contributed by atoms with Crippen molar-refractivity contribution in [1.29, 1.82) is 0 Å². The molecule has 160 valence electrons. The molecule has 0 saturated heterocycles. The van der Waals surface area contributed by atoms with Crippen molar-refractivity contribution in [2.45, 2.75) is 23.8 Å². The minimum atomic E-state index is -0.803. The first kappa shape index (κ1) is 21.8. The van der Waals surface area contributed by atoms with E-state index < -0.39 is 12.3 Å². The number of methoxy groups -OCH3 is 4. The topological polar surface area (TPSA) is 80.3 Å². The molecule has 0 heterocycles. The number of hydrogen-bond acceptors (Lipinski definition) is 8. The predicted molar refractivity (Wildman–Crippen MR) is 114 cm³/mol. The van der Waals surface area contributed by atoms with Crippen LogP contribution in [0.5, 0.6) is 17.2 Å². The van der Waals surface area contributed by atoms with Crippen LogP contribution >= 0.6 is 11.8 Å². The Morgan fingerprint density at radius 2 is 1.77 bits per heavy atom. The molecule has 0 unspecified atom stereocenters. The molecule has 30 heavy (non-hydrogen) atoms. The van der Waals surface area contributed by atoms with E-state index in [1.807, 2.05) is 18.4 Å². The molecule has 3 rings (SSSR count). The smallest absolute Gasteiger partial charge is 0.493 e. The fourth-order valence-electron chi connectivity index (χ4n) is 3.72. The van der Waals surface area contributed by atoms with Gasteiger partial charge in [0.25, 0.3) is 0 Å². The Hall–Kier alpha value is -2.87. The number of thioether (sulfide) groups is 1. The van der Waals surface area contributed by atoms with Gasteiger partial charge in [0.1, 0.15) is 6.10 Å². The summed E-state index contributed by atoms with van der Waals surface area (Å²) >= 11 is 1.36. The summed E-state index contributed by atoms with van der Waals surface area (Å²) in [6.07, 6.45) is 1.41. The van der Waals surface area contributed by atoms with Gasteiger partial charge in [0, 0.05) is 11.1 Å². The second-order valence-electron chi connectivity index (χ2n) is 6.56. The standard InChI is InChI=1S/C22H24O7S/c1-25-17-10-12-6-8-16(29-22(24)28-4)14-11-15(23)18(30-5)9-7-13(14)19(12)21(27-3)20(17)26-2/h7,9-11,16H,6,8H2,1-5H3/t16-/m0/s1. The van der Waals surface area contributed by atoms with Gasteiger partial charge in [-0.25, -0.2) is 4.79 Å². The Morgan fingerprint density at radius 1 is 1.03 bits per heavy atom. The molecule has 0 fully saturated rings. The first-order valence-electron chi connectivity index (χ1n) is 9.28. The van der Waals surface area contributed by atoms with Crippen LogP contribution < -0.4 is 19.6 Å². The molecule has 1 atom stereocenters. The van der Waals surface area contributed by atoms with Gasteiger partial charge in [-0.15, -0.1) is 11.8 Å². The van der Waals surface area contributed by atoms with E-state index in [0.717, 1.165) is 16.7 Å². The van der Waals surface area contributed by atoms with Crippen molar-refractivity contribution in [3.8, 4) is 28.4 Å². The van der Waals surface area contributed by atoms with Crippen molar-refractivity contribution in [2.24, 2.45) is 0 Å². The highest BCUT2D eigenvalue weighted by molar-refractivity contribution is 7.98. The van der Waals surface area contributed by atoms with E-state index in [2.05, 4.69) is 0 Å². The molecule has 2 aromatic carbocycles. The van der Waals surface area contributed by atoms with Crippen LogP contribution in [0.2, 0.25) is 0 Å². The number of rotatable bonds is 5. The summed E-state index contributed by atoms with van der Waals surface area (Å²) in [5, 5.41) is 0. The third kappa shape index (κ3) is 3.92. The highest BCUT2D eigenvalue weighted by Crippen LogP contribution is 2.50. The van der Waals surface area contributed by atoms with Crippen LogP contribution in [0.4, 0.5) is 4.79 Å². The van der Waals surface area contributed by atoms with E-state index >= 15 is 0 Å². The number of ether oxygens (including phenoxy) is 5. The zero-order chi connectivity index (χ0) is 21.8. The molecule has 1 aliphatic rings. The largest absolute Gasteiger partial charge is 0.508 e. The third-order valence-electron chi connectivity index (χ3n) is 5.07. The van der Waals surface area contributed by atoms with Gasteiger partial charge in [0.2, 0.25) is 5.75 Å². The fourth-order valence-corrected chi connectivity index (χ4v) is 4.18. The molecule has 0 amide bonds. The summed E-state index contributed by atoms with van der Waals surface area (Å²) in [5.74, 6) is 1.49. The highest BCUT2D eigenvalue weighted by Gasteiger charge is 2.30. The average Bonchev–Trinajstić information content (AvgIpc) is 3.00. The molecule has 0 spiro atoms. The maximum Gasteiger partial charge on any atom is 0.508 e. The summed E-state index contributed by atoms with van der Waals surface area (Å²) in [7, 11) is 5.91. The minimum absolute atomic E-state index is 0.148. The van der Waals surface area contributed by atoms with Crippen LogP contribution in [0.25, 0.3) is 11.1 Å².